The number of para-hydroxylation sites is 1. The smallest absolute Gasteiger partial charge is 0.280 e. The molecule has 0 aliphatic carbocycles. The maximum atomic E-state index is 12.4. The zero-order valence-electron chi connectivity index (χ0n) is 12.9. The van der Waals surface area contributed by atoms with E-state index in [1.165, 1.54) is 6.07 Å². The molecule has 5 nitrogen and oxygen atoms in total. The monoisotopic (exact) mass is 383 g/mol. The number of carbonyl (C=O) groups is 1. The van der Waals surface area contributed by atoms with Gasteiger partial charge in [0.1, 0.15) is 0 Å². The van der Waals surface area contributed by atoms with Gasteiger partial charge in [-0.15, -0.1) is 0 Å². The Balaban J connectivity index is 1.97. The van der Waals surface area contributed by atoms with E-state index in [2.05, 4.69) is 26.3 Å². The lowest BCUT2D eigenvalue weighted by atomic mass is 10.2. The normalized spacial score (nSPS) is 10.4. The number of aryl methyl sites for hydroxylation is 1. The standard InChI is InChI=1S/C18H14BrN3O2/c1-12-11-16(23)17(21-22(12)15-5-3-2-4-6-15)18(24)20-14-9-7-13(19)8-10-14/h2-11H,1H3,(H,20,24). The Morgan fingerprint density at radius 2 is 1.75 bits per heavy atom. The van der Waals surface area contributed by atoms with Gasteiger partial charge in [-0.1, -0.05) is 34.1 Å². The lowest BCUT2D eigenvalue weighted by Crippen LogP contribution is -2.26. The number of amides is 1. The number of aromatic nitrogens is 2. The van der Waals surface area contributed by atoms with Gasteiger partial charge in [0.05, 0.1) is 5.69 Å². The van der Waals surface area contributed by atoms with Crippen LogP contribution in [0.15, 0.2) is 69.9 Å². The Labute approximate surface area is 147 Å². The van der Waals surface area contributed by atoms with E-state index >= 15 is 0 Å². The zero-order valence-corrected chi connectivity index (χ0v) is 14.4. The molecule has 0 bridgehead atoms. The third kappa shape index (κ3) is 3.44. The van der Waals surface area contributed by atoms with Crippen molar-refractivity contribution >= 4 is 27.5 Å². The summed E-state index contributed by atoms with van der Waals surface area (Å²) in [6, 6.07) is 17.9. The number of carbonyl (C=O) groups excluding carboxylic acids is 1. The van der Waals surface area contributed by atoms with E-state index in [0.29, 0.717) is 11.4 Å². The van der Waals surface area contributed by atoms with Gasteiger partial charge in [-0.05, 0) is 43.3 Å². The van der Waals surface area contributed by atoms with E-state index in [4.69, 9.17) is 0 Å². The summed E-state index contributed by atoms with van der Waals surface area (Å²) in [6.45, 7) is 1.78. The van der Waals surface area contributed by atoms with Crippen LogP contribution in [0.3, 0.4) is 0 Å². The highest BCUT2D eigenvalue weighted by atomic mass is 79.9. The number of halogens is 1. The molecule has 0 aliphatic rings. The van der Waals surface area contributed by atoms with Gasteiger partial charge in [0.2, 0.25) is 5.43 Å². The molecular weight excluding hydrogens is 370 g/mol. The Morgan fingerprint density at radius 3 is 2.42 bits per heavy atom. The third-order valence-corrected chi connectivity index (χ3v) is 3.95. The molecule has 1 heterocycles. The predicted octanol–water partition coefficient (Wildman–Crippen LogP) is 3.56. The molecule has 0 spiro atoms. The fraction of sp³-hybridized carbons (Fsp3) is 0.0556. The molecule has 3 aromatic rings. The van der Waals surface area contributed by atoms with Crippen molar-refractivity contribution in [2.75, 3.05) is 5.32 Å². The minimum atomic E-state index is -0.535. The molecule has 24 heavy (non-hydrogen) atoms. The summed E-state index contributed by atoms with van der Waals surface area (Å²) in [5.41, 5.74) is 1.48. The van der Waals surface area contributed by atoms with Gasteiger partial charge in [0.25, 0.3) is 5.91 Å². The number of rotatable bonds is 3. The van der Waals surface area contributed by atoms with E-state index in [1.807, 2.05) is 30.3 Å². The van der Waals surface area contributed by atoms with Crippen LogP contribution in [-0.4, -0.2) is 15.7 Å². The summed E-state index contributed by atoms with van der Waals surface area (Å²) in [5, 5.41) is 6.93. The summed E-state index contributed by atoms with van der Waals surface area (Å²) in [5.74, 6) is -0.535. The van der Waals surface area contributed by atoms with Crippen molar-refractivity contribution < 1.29 is 4.79 Å². The molecule has 120 valence electrons. The molecule has 6 heteroatoms. The summed E-state index contributed by atoms with van der Waals surface area (Å²) < 4.78 is 2.48. The Kier molecular flexibility index (Phi) is 4.57. The van der Waals surface area contributed by atoms with Crippen molar-refractivity contribution in [2.24, 2.45) is 0 Å². The summed E-state index contributed by atoms with van der Waals surface area (Å²) >= 11 is 3.33. The average Bonchev–Trinajstić information content (AvgIpc) is 2.58. The van der Waals surface area contributed by atoms with Crippen LogP contribution >= 0.6 is 15.9 Å². The molecule has 1 aromatic heterocycles. The number of hydrogen-bond acceptors (Lipinski definition) is 3. The predicted molar refractivity (Wildman–Crippen MR) is 96.7 cm³/mol. The average molecular weight is 384 g/mol. The minimum Gasteiger partial charge on any atom is -0.320 e. The lowest BCUT2D eigenvalue weighted by molar-refractivity contribution is 0.101. The first-order chi connectivity index (χ1) is 11.5. The molecule has 1 N–H and O–H groups in total. The molecule has 0 saturated heterocycles. The molecule has 0 atom stereocenters. The summed E-state index contributed by atoms with van der Waals surface area (Å²) in [4.78, 5) is 24.6. The quantitative estimate of drug-likeness (QED) is 0.751. The molecule has 0 radical (unpaired) electrons. The van der Waals surface area contributed by atoms with Crippen LogP contribution in [0.25, 0.3) is 5.69 Å². The van der Waals surface area contributed by atoms with Gasteiger partial charge in [0.15, 0.2) is 5.69 Å². The molecule has 3 rings (SSSR count). The third-order valence-electron chi connectivity index (χ3n) is 3.43. The van der Waals surface area contributed by atoms with Gasteiger partial charge < -0.3 is 5.32 Å². The maximum Gasteiger partial charge on any atom is 0.280 e. The first-order valence-corrected chi connectivity index (χ1v) is 8.07. The number of nitrogens with zero attached hydrogens (tertiary/aromatic N) is 2. The van der Waals surface area contributed by atoms with E-state index in [1.54, 1.807) is 35.9 Å². The van der Waals surface area contributed by atoms with Crippen LogP contribution in [0.2, 0.25) is 0 Å². The molecule has 0 aliphatic heterocycles. The van der Waals surface area contributed by atoms with Crippen LogP contribution in [0.5, 0.6) is 0 Å². The van der Waals surface area contributed by atoms with Crippen LogP contribution in [0.1, 0.15) is 16.2 Å². The highest BCUT2D eigenvalue weighted by Crippen LogP contribution is 2.15. The second-order valence-corrected chi connectivity index (χ2v) is 6.12. The van der Waals surface area contributed by atoms with Crippen molar-refractivity contribution in [1.82, 2.24) is 9.78 Å². The van der Waals surface area contributed by atoms with E-state index in [-0.39, 0.29) is 5.69 Å². The molecule has 0 unspecified atom stereocenters. The second-order valence-electron chi connectivity index (χ2n) is 5.21. The van der Waals surface area contributed by atoms with E-state index < -0.39 is 11.3 Å². The summed E-state index contributed by atoms with van der Waals surface area (Å²) in [6.07, 6.45) is 0. The number of benzene rings is 2. The van der Waals surface area contributed by atoms with Gasteiger partial charge >= 0.3 is 0 Å². The first kappa shape index (κ1) is 16.1. The van der Waals surface area contributed by atoms with Gasteiger partial charge in [-0.2, -0.15) is 5.10 Å². The number of nitrogens with one attached hydrogen (secondary N) is 1. The highest BCUT2D eigenvalue weighted by molar-refractivity contribution is 9.10. The van der Waals surface area contributed by atoms with Crippen molar-refractivity contribution in [3.8, 4) is 5.69 Å². The van der Waals surface area contributed by atoms with E-state index in [9.17, 15) is 9.59 Å². The topological polar surface area (TPSA) is 64.0 Å². The largest absolute Gasteiger partial charge is 0.320 e. The van der Waals surface area contributed by atoms with Crippen molar-refractivity contribution in [1.29, 1.82) is 0 Å². The fourth-order valence-corrected chi connectivity index (χ4v) is 2.52. The van der Waals surface area contributed by atoms with Crippen molar-refractivity contribution in [3.05, 3.63) is 86.7 Å². The molecule has 0 saturated carbocycles. The van der Waals surface area contributed by atoms with Crippen molar-refractivity contribution in [2.45, 2.75) is 6.92 Å². The maximum absolute atomic E-state index is 12.4. The van der Waals surface area contributed by atoms with Crippen molar-refractivity contribution in [3.63, 3.8) is 0 Å². The Bertz CT molecular complexity index is 935. The van der Waals surface area contributed by atoms with Gasteiger partial charge in [-0.25, -0.2) is 4.68 Å². The molecule has 2 aromatic carbocycles. The van der Waals surface area contributed by atoms with E-state index in [0.717, 1.165) is 10.2 Å². The van der Waals surface area contributed by atoms with Gasteiger partial charge in [-0.3, -0.25) is 9.59 Å². The SMILES string of the molecule is Cc1cc(=O)c(C(=O)Nc2ccc(Br)cc2)nn1-c1ccccc1. The Morgan fingerprint density at radius 1 is 1.08 bits per heavy atom. The minimum absolute atomic E-state index is 0.146. The molecule has 1 amide bonds. The molecule has 0 fully saturated rings. The van der Waals surface area contributed by atoms with Crippen LogP contribution in [0.4, 0.5) is 5.69 Å². The number of hydrogen-bond donors (Lipinski definition) is 1. The zero-order chi connectivity index (χ0) is 17.1. The van der Waals surface area contributed by atoms with Crippen LogP contribution < -0.4 is 10.7 Å². The molecular formula is C18H14BrN3O2. The first-order valence-electron chi connectivity index (χ1n) is 7.28. The number of anilines is 1. The second kappa shape index (κ2) is 6.80. The summed E-state index contributed by atoms with van der Waals surface area (Å²) in [7, 11) is 0. The lowest BCUT2D eigenvalue weighted by Gasteiger charge is -2.11. The van der Waals surface area contributed by atoms with Gasteiger partial charge in [0, 0.05) is 21.9 Å². The Hall–Kier alpha value is -2.73. The van der Waals surface area contributed by atoms with Crippen LogP contribution in [-0.2, 0) is 0 Å². The fourth-order valence-electron chi connectivity index (χ4n) is 2.26. The van der Waals surface area contributed by atoms with Crippen LogP contribution in [0, 0.1) is 6.92 Å². The highest BCUT2D eigenvalue weighted by Gasteiger charge is 2.15.